The Kier molecular flexibility index (Phi) is 4.57. The van der Waals surface area contributed by atoms with Crippen LogP contribution in [0.1, 0.15) is 21.0 Å². The quantitative estimate of drug-likeness (QED) is 0.856. The molecule has 0 spiro atoms. The van der Waals surface area contributed by atoms with E-state index in [1.807, 2.05) is 6.07 Å². The highest BCUT2D eigenvalue weighted by atomic mass is 79.9. The summed E-state index contributed by atoms with van der Waals surface area (Å²) < 4.78 is 11.0. The third kappa shape index (κ3) is 3.44. The average molecular weight is 330 g/mol. The monoisotopic (exact) mass is 329 g/mol. The van der Waals surface area contributed by atoms with Crippen LogP contribution in [0.4, 0.5) is 0 Å². The predicted octanol–water partition coefficient (Wildman–Crippen LogP) is 3.18. The molecule has 1 N–H and O–H groups in total. The Hall–Kier alpha value is -1.11. The number of nitrogens with one attached hydrogen (secondary N) is 1. The van der Waals surface area contributed by atoms with E-state index < -0.39 is 0 Å². The standard InChI is InChI=1S/C12H12BrNO3S/c1-16-12(15)8-4-9(17-7-8)5-14-6-10-2-3-11(13)18-10/h2-4,7,14H,5-6H2,1H3. The summed E-state index contributed by atoms with van der Waals surface area (Å²) in [5, 5.41) is 3.25. The molecule has 4 nitrogen and oxygen atoms in total. The fourth-order valence-electron chi connectivity index (χ4n) is 1.45. The second-order valence-corrected chi connectivity index (χ2v) is 6.15. The van der Waals surface area contributed by atoms with E-state index in [9.17, 15) is 4.79 Å². The summed E-state index contributed by atoms with van der Waals surface area (Å²) in [7, 11) is 1.35. The Morgan fingerprint density at radius 1 is 1.50 bits per heavy atom. The molecule has 0 bridgehead atoms. The molecule has 2 rings (SSSR count). The van der Waals surface area contributed by atoms with Crippen LogP contribution < -0.4 is 5.32 Å². The lowest BCUT2D eigenvalue weighted by molar-refractivity contribution is 0.0600. The van der Waals surface area contributed by atoms with E-state index in [2.05, 4.69) is 32.0 Å². The molecule has 2 heterocycles. The van der Waals surface area contributed by atoms with Crippen LogP contribution in [0.3, 0.4) is 0 Å². The van der Waals surface area contributed by atoms with Crippen molar-refractivity contribution < 1.29 is 13.9 Å². The van der Waals surface area contributed by atoms with Crippen molar-refractivity contribution in [3.05, 3.63) is 44.4 Å². The molecule has 2 aromatic rings. The summed E-state index contributed by atoms with van der Waals surface area (Å²) in [5.74, 6) is 0.332. The third-order valence-electron chi connectivity index (χ3n) is 2.30. The van der Waals surface area contributed by atoms with Crippen LogP contribution in [-0.4, -0.2) is 13.1 Å². The van der Waals surface area contributed by atoms with Crippen molar-refractivity contribution in [3.8, 4) is 0 Å². The van der Waals surface area contributed by atoms with Crippen LogP contribution >= 0.6 is 27.3 Å². The Morgan fingerprint density at radius 3 is 3.00 bits per heavy atom. The predicted molar refractivity (Wildman–Crippen MR) is 72.6 cm³/mol. The Labute approximate surface area is 117 Å². The number of ether oxygens (including phenoxy) is 1. The molecule has 2 aromatic heterocycles. The second kappa shape index (κ2) is 6.17. The molecule has 0 aliphatic carbocycles. The molecule has 0 aliphatic rings. The van der Waals surface area contributed by atoms with Gasteiger partial charge in [0.1, 0.15) is 12.0 Å². The van der Waals surface area contributed by atoms with Gasteiger partial charge in [-0.3, -0.25) is 0 Å². The van der Waals surface area contributed by atoms with Gasteiger partial charge < -0.3 is 14.5 Å². The first-order valence-corrected chi connectivity index (χ1v) is 6.90. The van der Waals surface area contributed by atoms with Crippen molar-refractivity contribution in [1.29, 1.82) is 0 Å². The highest BCUT2D eigenvalue weighted by molar-refractivity contribution is 9.11. The lowest BCUT2D eigenvalue weighted by atomic mass is 10.3. The molecule has 0 saturated heterocycles. The van der Waals surface area contributed by atoms with Crippen LogP contribution in [0, 0.1) is 0 Å². The average Bonchev–Trinajstić information content (AvgIpc) is 2.98. The molecule has 0 radical (unpaired) electrons. The third-order valence-corrected chi connectivity index (χ3v) is 3.93. The highest BCUT2D eigenvalue weighted by Gasteiger charge is 2.09. The largest absolute Gasteiger partial charge is 0.467 e. The molecule has 6 heteroatoms. The smallest absolute Gasteiger partial charge is 0.341 e. The van der Waals surface area contributed by atoms with Crippen LogP contribution in [0.2, 0.25) is 0 Å². The van der Waals surface area contributed by atoms with Crippen LogP contribution in [0.5, 0.6) is 0 Å². The van der Waals surface area contributed by atoms with Gasteiger partial charge in [0.05, 0.1) is 23.0 Å². The van der Waals surface area contributed by atoms with Gasteiger partial charge in [0, 0.05) is 11.4 Å². The molecule has 0 aromatic carbocycles. The van der Waals surface area contributed by atoms with E-state index in [0.717, 1.165) is 10.3 Å². The molecule has 96 valence electrons. The summed E-state index contributed by atoms with van der Waals surface area (Å²) in [6.45, 7) is 1.34. The summed E-state index contributed by atoms with van der Waals surface area (Å²) in [6, 6.07) is 5.76. The van der Waals surface area contributed by atoms with Gasteiger partial charge in [-0.2, -0.15) is 0 Å². The number of rotatable bonds is 5. The van der Waals surface area contributed by atoms with E-state index in [4.69, 9.17) is 4.42 Å². The lowest BCUT2D eigenvalue weighted by Crippen LogP contribution is -2.11. The van der Waals surface area contributed by atoms with Gasteiger partial charge in [0.2, 0.25) is 0 Å². The lowest BCUT2D eigenvalue weighted by Gasteiger charge is -1.99. The van der Waals surface area contributed by atoms with Crippen LogP contribution in [-0.2, 0) is 17.8 Å². The first kappa shape index (κ1) is 13.3. The van der Waals surface area contributed by atoms with Crippen molar-refractivity contribution >= 4 is 33.2 Å². The number of esters is 1. The summed E-state index contributed by atoms with van der Waals surface area (Å²) in [6.07, 6.45) is 1.41. The number of thiophene rings is 1. The number of hydrogen-bond donors (Lipinski definition) is 1. The molecular formula is C12H12BrNO3S. The number of carbonyl (C=O) groups is 1. The maximum absolute atomic E-state index is 11.2. The normalized spacial score (nSPS) is 10.6. The van der Waals surface area contributed by atoms with Gasteiger partial charge in [0.15, 0.2) is 0 Å². The number of halogens is 1. The SMILES string of the molecule is COC(=O)c1coc(CNCc2ccc(Br)s2)c1. The first-order valence-electron chi connectivity index (χ1n) is 5.29. The van der Waals surface area contributed by atoms with Gasteiger partial charge in [0.25, 0.3) is 0 Å². The molecule has 0 atom stereocenters. The molecule has 0 amide bonds. The molecule has 0 saturated carbocycles. The van der Waals surface area contributed by atoms with E-state index in [-0.39, 0.29) is 5.97 Å². The van der Waals surface area contributed by atoms with Gasteiger partial charge in [-0.15, -0.1) is 11.3 Å². The van der Waals surface area contributed by atoms with E-state index in [0.29, 0.717) is 17.9 Å². The topological polar surface area (TPSA) is 51.5 Å². The minimum atomic E-state index is -0.382. The van der Waals surface area contributed by atoms with Crippen LogP contribution in [0.25, 0.3) is 0 Å². The Morgan fingerprint density at radius 2 is 2.33 bits per heavy atom. The molecule has 0 fully saturated rings. The molecule has 18 heavy (non-hydrogen) atoms. The van der Waals surface area contributed by atoms with Crippen molar-refractivity contribution in [1.82, 2.24) is 5.32 Å². The Balaban J connectivity index is 1.83. The Bertz CT molecular complexity index is 535. The van der Waals surface area contributed by atoms with E-state index in [1.54, 1.807) is 17.4 Å². The maximum atomic E-state index is 11.2. The zero-order chi connectivity index (χ0) is 13.0. The zero-order valence-electron chi connectivity index (χ0n) is 9.73. The minimum absolute atomic E-state index is 0.382. The number of methoxy groups -OCH3 is 1. The van der Waals surface area contributed by atoms with Gasteiger partial charge in [-0.05, 0) is 34.1 Å². The second-order valence-electron chi connectivity index (χ2n) is 3.60. The first-order chi connectivity index (χ1) is 8.69. The van der Waals surface area contributed by atoms with Gasteiger partial charge in [-0.25, -0.2) is 4.79 Å². The summed E-state index contributed by atoms with van der Waals surface area (Å²) >= 11 is 5.10. The van der Waals surface area contributed by atoms with Gasteiger partial charge >= 0.3 is 5.97 Å². The van der Waals surface area contributed by atoms with Crippen molar-refractivity contribution in [3.63, 3.8) is 0 Å². The minimum Gasteiger partial charge on any atom is -0.467 e. The zero-order valence-corrected chi connectivity index (χ0v) is 12.1. The fraction of sp³-hybridized carbons (Fsp3) is 0.250. The number of hydrogen-bond acceptors (Lipinski definition) is 5. The summed E-state index contributed by atoms with van der Waals surface area (Å²) in [4.78, 5) is 12.5. The molecular weight excluding hydrogens is 318 g/mol. The van der Waals surface area contributed by atoms with Crippen molar-refractivity contribution in [2.24, 2.45) is 0 Å². The number of furan rings is 1. The van der Waals surface area contributed by atoms with Crippen molar-refractivity contribution in [2.75, 3.05) is 7.11 Å². The molecule has 0 aliphatic heterocycles. The fourth-order valence-corrected chi connectivity index (χ4v) is 2.91. The van der Waals surface area contributed by atoms with Crippen molar-refractivity contribution in [2.45, 2.75) is 13.1 Å². The highest BCUT2D eigenvalue weighted by Crippen LogP contribution is 2.21. The maximum Gasteiger partial charge on any atom is 0.341 e. The number of carbonyl (C=O) groups excluding carboxylic acids is 1. The summed E-state index contributed by atoms with van der Waals surface area (Å²) in [5.41, 5.74) is 0.438. The van der Waals surface area contributed by atoms with E-state index in [1.165, 1.54) is 18.3 Å². The van der Waals surface area contributed by atoms with Crippen LogP contribution in [0.15, 0.2) is 32.7 Å². The van der Waals surface area contributed by atoms with E-state index >= 15 is 0 Å². The van der Waals surface area contributed by atoms with Gasteiger partial charge in [-0.1, -0.05) is 0 Å². The molecule has 0 unspecified atom stereocenters.